The van der Waals surface area contributed by atoms with Gasteiger partial charge in [0.1, 0.15) is 5.01 Å². The molecule has 2 aromatic carbocycles. The van der Waals surface area contributed by atoms with Gasteiger partial charge in [0.2, 0.25) is 0 Å². The third kappa shape index (κ3) is 3.55. The van der Waals surface area contributed by atoms with E-state index in [1.165, 1.54) is 11.1 Å². The monoisotopic (exact) mass is 414 g/mol. The molecule has 1 aliphatic carbocycles. The molecular formula is C25H22N2O2S. The molecule has 0 saturated carbocycles. The Morgan fingerprint density at radius 2 is 2.03 bits per heavy atom. The summed E-state index contributed by atoms with van der Waals surface area (Å²) >= 11 is 1.58. The van der Waals surface area contributed by atoms with Gasteiger partial charge in [0.25, 0.3) is 0 Å². The van der Waals surface area contributed by atoms with Crippen molar-refractivity contribution < 1.29 is 9.90 Å². The molecule has 2 aromatic heterocycles. The number of pyridine rings is 1. The zero-order valence-electron chi connectivity index (χ0n) is 16.7. The third-order valence-electron chi connectivity index (χ3n) is 5.86. The quantitative estimate of drug-likeness (QED) is 0.448. The summed E-state index contributed by atoms with van der Waals surface area (Å²) in [5.41, 5.74) is 6.09. The van der Waals surface area contributed by atoms with Crippen LogP contribution in [-0.4, -0.2) is 27.0 Å². The smallest absolute Gasteiger partial charge is 0.162 e. The highest BCUT2D eigenvalue weighted by Crippen LogP contribution is 2.37. The number of aromatic nitrogens is 2. The van der Waals surface area contributed by atoms with Gasteiger partial charge >= 0.3 is 0 Å². The number of Topliss-reactive ketones (excluding diaryl/α,β-unsaturated/α-hetero) is 1. The molecule has 150 valence electrons. The molecule has 0 aliphatic heterocycles. The number of thiazole rings is 1. The summed E-state index contributed by atoms with van der Waals surface area (Å²) in [4.78, 5) is 21.8. The molecule has 5 heteroatoms. The van der Waals surface area contributed by atoms with Crippen molar-refractivity contribution in [2.75, 3.05) is 0 Å². The predicted molar refractivity (Wildman–Crippen MR) is 120 cm³/mol. The number of hydrogen-bond donors (Lipinski definition) is 1. The molecule has 0 unspecified atom stereocenters. The Bertz CT molecular complexity index is 1250. The minimum Gasteiger partial charge on any atom is -0.392 e. The number of rotatable bonds is 5. The fraction of sp³-hybridized carbons (Fsp3) is 0.240. The van der Waals surface area contributed by atoms with Crippen LogP contribution in [0.15, 0.2) is 60.9 Å². The summed E-state index contributed by atoms with van der Waals surface area (Å²) in [6, 6.07) is 16.0. The molecule has 0 fully saturated rings. The summed E-state index contributed by atoms with van der Waals surface area (Å²) in [6.45, 7) is 2.01. The summed E-state index contributed by atoms with van der Waals surface area (Å²) in [5, 5.41) is 11.4. The molecule has 0 radical (unpaired) electrons. The lowest BCUT2D eigenvalue weighted by Gasteiger charge is -2.15. The maximum Gasteiger partial charge on any atom is 0.162 e. The van der Waals surface area contributed by atoms with E-state index >= 15 is 0 Å². The van der Waals surface area contributed by atoms with Gasteiger partial charge in [-0.05, 0) is 60.7 Å². The van der Waals surface area contributed by atoms with Crippen molar-refractivity contribution in [3.8, 4) is 10.6 Å². The van der Waals surface area contributed by atoms with E-state index in [2.05, 4.69) is 23.2 Å². The number of aliphatic hydroxyl groups is 1. The lowest BCUT2D eigenvalue weighted by atomic mass is 9.92. The second-order valence-corrected chi connectivity index (χ2v) is 9.02. The largest absolute Gasteiger partial charge is 0.392 e. The van der Waals surface area contributed by atoms with Crippen molar-refractivity contribution in [1.82, 2.24) is 9.97 Å². The van der Waals surface area contributed by atoms with E-state index in [1.54, 1.807) is 11.3 Å². The number of nitrogens with zero attached hydrogens (tertiary/aromatic N) is 2. The lowest BCUT2D eigenvalue weighted by Crippen LogP contribution is -2.14. The summed E-state index contributed by atoms with van der Waals surface area (Å²) in [7, 11) is 0. The van der Waals surface area contributed by atoms with Gasteiger partial charge in [-0.2, -0.15) is 0 Å². The zero-order valence-corrected chi connectivity index (χ0v) is 17.5. The molecule has 4 nitrogen and oxygen atoms in total. The minimum absolute atomic E-state index is 0.0395. The van der Waals surface area contributed by atoms with E-state index < -0.39 is 6.10 Å². The zero-order chi connectivity index (χ0) is 20.7. The first-order valence-corrected chi connectivity index (χ1v) is 11.0. The first-order valence-electron chi connectivity index (χ1n) is 10.2. The van der Waals surface area contributed by atoms with Crippen LogP contribution >= 0.6 is 11.3 Å². The standard InChI is InChI=1S/C25H22N2O2S/c1-15-10-18(14-26-13-15)25-27-21-8-6-17(12-24(21)30-25)22(28)9-7-20-19-5-3-2-4-16(19)11-23(20)29/h2-6,8,10,12-14,20,23,29H,7,9,11H2,1H3/t20-,23+/m0/s1. The van der Waals surface area contributed by atoms with Crippen LogP contribution in [0.5, 0.6) is 0 Å². The van der Waals surface area contributed by atoms with Crippen molar-refractivity contribution in [1.29, 1.82) is 0 Å². The van der Waals surface area contributed by atoms with Gasteiger partial charge in [-0.1, -0.05) is 24.3 Å². The average Bonchev–Trinajstić information content (AvgIpc) is 3.31. The van der Waals surface area contributed by atoms with E-state index in [9.17, 15) is 9.90 Å². The van der Waals surface area contributed by atoms with Gasteiger partial charge in [0.05, 0.1) is 16.3 Å². The molecular weight excluding hydrogens is 392 g/mol. The Labute approximate surface area is 179 Å². The van der Waals surface area contributed by atoms with Gasteiger partial charge < -0.3 is 5.11 Å². The first kappa shape index (κ1) is 19.1. The van der Waals surface area contributed by atoms with Crippen molar-refractivity contribution in [2.24, 2.45) is 0 Å². The summed E-state index contributed by atoms with van der Waals surface area (Å²) < 4.78 is 1.00. The van der Waals surface area contributed by atoms with Crippen LogP contribution in [0.4, 0.5) is 0 Å². The van der Waals surface area contributed by atoms with Crippen LogP contribution in [0, 0.1) is 6.92 Å². The molecule has 0 saturated heterocycles. The first-order chi connectivity index (χ1) is 14.6. The second kappa shape index (κ2) is 7.74. The summed E-state index contributed by atoms with van der Waals surface area (Å²) in [5.74, 6) is 0.151. The number of aryl methyl sites for hydroxylation is 1. The van der Waals surface area contributed by atoms with Crippen molar-refractivity contribution in [3.05, 3.63) is 83.2 Å². The van der Waals surface area contributed by atoms with Crippen LogP contribution < -0.4 is 0 Å². The van der Waals surface area contributed by atoms with Crippen LogP contribution in [0.1, 0.15) is 45.8 Å². The van der Waals surface area contributed by atoms with Gasteiger partial charge in [0.15, 0.2) is 5.78 Å². The average molecular weight is 415 g/mol. The normalized spacial score (nSPS) is 17.9. The van der Waals surface area contributed by atoms with Gasteiger partial charge in [-0.25, -0.2) is 4.98 Å². The fourth-order valence-corrected chi connectivity index (χ4v) is 5.31. The molecule has 2 heterocycles. The van der Waals surface area contributed by atoms with E-state index in [0.717, 1.165) is 26.4 Å². The van der Waals surface area contributed by atoms with E-state index in [0.29, 0.717) is 24.8 Å². The van der Waals surface area contributed by atoms with Gasteiger partial charge in [-0.15, -0.1) is 11.3 Å². The van der Waals surface area contributed by atoms with Crippen LogP contribution in [0.25, 0.3) is 20.8 Å². The number of carbonyl (C=O) groups excluding carboxylic acids is 1. The van der Waals surface area contributed by atoms with Crippen LogP contribution in [0.2, 0.25) is 0 Å². The number of carbonyl (C=O) groups is 1. The van der Waals surface area contributed by atoms with E-state index in [-0.39, 0.29) is 11.7 Å². The molecule has 30 heavy (non-hydrogen) atoms. The van der Waals surface area contributed by atoms with Crippen molar-refractivity contribution in [3.63, 3.8) is 0 Å². The Morgan fingerprint density at radius 1 is 1.17 bits per heavy atom. The Kier molecular flexibility index (Phi) is 4.93. The van der Waals surface area contributed by atoms with E-state index in [4.69, 9.17) is 4.98 Å². The number of hydrogen-bond acceptors (Lipinski definition) is 5. The maximum absolute atomic E-state index is 12.9. The highest BCUT2D eigenvalue weighted by Gasteiger charge is 2.30. The summed E-state index contributed by atoms with van der Waals surface area (Å²) in [6.07, 6.45) is 5.02. The Balaban J connectivity index is 1.34. The molecule has 0 amide bonds. The molecule has 2 atom stereocenters. The van der Waals surface area contributed by atoms with Gasteiger partial charge in [0, 0.05) is 35.9 Å². The fourth-order valence-electron chi connectivity index (χ4n) is 4.33. The lowest BCUT2D eigenvalue weighted by molar-refractivity contribution is 0.0962. The number of ketones is 1. The van der Waals surface area contributed by atoms with Crippen molar-refractivity contribution in [2.45, 2.75) is 38.2 Å². The topological polar surface area (TPSA) is 63.1 Å². The molecule has 1 aliphatic rings. The minimum atomic E-state index is -0.398. The van der Waals surface area contributed by atoms with Gasteiger partial charge in [-0.3, -0.25) is 9.78 Å². The maximum atomic E-state index is 12.9. The number of aliphatic hydroxyl groups excluding tert-OH is 1. The second-order valence-electron chi connectivity index (χ2n) is 7.99. The molecule has 0 bridgehead atoms. The SMILES string of the molecule is Cc1cncc(-c2nc3ccc(C(=O)CC[C@H]4c5ccccc5C[C@H]4O)cc3s2)c1. The Morgan fingerprint density at radius 3 is 2.90 bits per heavy atom. The Hall–Kier alpha value is -2.89. The van der Waals surface area contributed by atoms with E-state index in [1.807, 2.05) is 49.6 Å². The molecule has 1 N–H and O–H groups in total. The number of benzene rings is 2. The van der Waals surface area contributed by atoms with Crippen LogP contribution in [-0.2, 0) is 6.42 Å². The molecule has 5 rings (SSSR count). The van der Waals surface area contributed by atoms with Crippen LogP contribution in [0.3, 0.4) is 0 Å². The van der Waals surface area contributed by atoms with Crippen molar-refractivity contribution >= 4 is 27.3 Å². The molecule has 4 aromatic rings. The highest BCUT2D eigenvalue weighted by atomic mass is 32.1. The molecule has 0 spiro atoms. The third-order valence-corrected chi connectivity index (χ3v) is 6.93. The number of fused-ring (bicyclic) bond motifs is 2. The highest BCUT2D eigenvalue weighted by molar-refractivity contribution is 7.21. The predicted octanol–water partition coefficient (Wildman–Crippen LogP) is 5.33.